The van der Waals surface area contributed by atoms with E-state index in [-0.39, 0.29) is 29.7 Å². The molecule has 0 saturated heterocycles. The first-order chi connectivity index (χ1) is 12.1. The second-order valence-electron chi connectivity index (χ2n) is 7.85. The van der Waals surface area contributed by atoms with E-state index in [1.165, 1.54) is 16.2 Å². The molecule has 2 N–H and O–H groups in total. The summed E-state index contributed by atoms with van der Waals surface area (Å²) in [4.78, 5) is 25.5. The molecule has 1 aromatic rings. The van der Waals surface area contributed by atoms with Crippen LogP contribution in [0.25, 0.3) is 0 Å². The summed E-state index contributed by atoms with van der Waals surface area (Å²) in [7, 11) is 0. The summed E-state index contributed by atoms with van der Waals surface area (Å²) in [5, 5.41) is 23.5. The van der Waals surface area contributed by atoms with E-state index >= 15 is 0 Å². The molecule has 2 heterocycles. The highest BCUT2D eigenvalue weighted by Crippen LogP contribution is 2.50. The van der Waals surface area contributed by atoms with Gasteiger partial charge in [0.25, 0.3) is 0 Å². The number of fused-ring (bicyclic) bond motifs is 1. The Kier molecular flexibility index (Phi) is 5.97. The van der Waals surface area contributed by atoms with E-state index in [1.54, 1.807) is 6.07 Å². The lowest BCUT2D eigenvalue weighted by atomic mass is 9.70. The fourth-order valence-corrected chi connectivity index (χ4v) is 4.59. The number of hydrogen-bond donors (Lipinski definition) is 2. The van der Waals surface area contributed by atoms with Gasteiger partial charge in [-0.25, -0.2) is 4.79 Å². The number of nitrogens with zero attached hydrogens (tertiary/aromatic N) is 2. The highest BCUT2D eigenvalue weighted by molar-refractivity contribution is 7.20. The zero-order chi connectivity index (χ0) is 19.6. The lowest BCUT2D eigenvalue weighted by Crippen LogP contribution is -2.44. The van der Waals surface area contributed by atoms with Crippen molar-refractivity contribution >= 4 is 33.3 Å². The number of amides is 2. The summed E-state index contributed by atoms with van der Waals surface area (Å²) in [6.45, 7) is 10.3. The standard InChI is InChI=1S/C19H27N3O3S/c1-6-11(7-2)16(23)21-15-8-12-13(9-20)14(19(3,4)5)10-22(18(24)25)17(12)26-15/h8,11,13-14H,6-7,10H2,1-5H3,(H,21,23)(H,24,25). The number of rotatable bonds is 4. The van der Waals surface area contributed by atoms with E-state index in [0.29, 0.717) is 15.6 Å². The van der Waals surface area contributed by atoms with Crippen molar-refractivity contribution in [2.45, 2.75) is 53.4 Å². The van der Waals surface area contributed by atoms with Gasteiger partial charge in [0.1, 0.15) is 5.00 Å². The molecule has 0 aromatic carbocycles. The molecule has 7 heteroatoms. The predicted molar refractivity (Wildman–Crippen MR) is 104 cm³/mol. The molecule has 0 spiro atoms. The molecule has 2 unspecified atom stereocenters. The number of carbonyl (C=O) groups excluding carboxylic acids is 1. The van der Waals surface area contributed by atoms with Gasteiger partial charge < -0.3 is 10.4 Å². The van der Waals surface area contributed by atoms with E-state index in [4.69, 9.17) is 0 Å². The van der Waals surface area contributed by atoms with E-state index in [1.807, 2.05) is 34.6 Å². The van der Waals surface area contributed by atoms with Crippen molar-refractivity contribution in [3.8, 4) is 6.07 Å². The van der Waals surface area contributed by atoms with Crippen molar-refractivity contribution in [3.05, 3.63) is 11.6 Å². The molecule has 2 rings (SSSR count). The smallest absolute Gasteiger partial charge is 0.412 e. The summed E-state index contributed by atoms with van der Waals surface area (Å²) >= 11 is 1.23. The Morgan fingerprint density at radius 1 is 1.42 bits per heavy atom. The predicted octanol–water partition coefficient (Wildman–Crippen LogP) is 4.89. The third kappa shape index (κ3) is 3.85. The fraction of sp³-hybridized carbons (Fsp3) is 0.632. The summed E-state index contributed by atoms with van der Waals surface area (Å²) in [5.41, 5.74) is 0.484. The van der Waals surface area contributed by atoms with Crippen LogP contribution in [-0.2, 0) is 4.79 Å². The van der Waals surface area contributed by atoms with Crippen LogP contribution in [0, 0.1) is 28.6 Å². The summed E-state index contributed by atoms with van der Waals surface area (Å²) < 4.78 is 0. The van der Waals surface area contributed by atoms with E-state index in [0.717, 1.165) is 12.8 Å². The Morgan fingerprint density at radius 3 is 2.50 bits per heavy atom. The summed E-state index contributed by atoms with van der Waals surface area (Å²) in [6, 6.07) is 4.14. The van der Waals surface area contributed by atoms with Crippen LogP contribution in [0.5, 0.6) is 0 Å². The fourth-order valence-electron chi connectivity index (χ4n) is 3.47. The second-order valence-corrected chi connectivity index (χ2v) is 8.88. The maximum absolute atomic E-state index is 12.4. The van der Waals surface area contributed by atoms with Gasteiger partial charge in [0.15, 0.2) is 0 Å². The quantitative estimate of drug-likeness (QED) is 0.781. The van der Waals surface area contributed by atoms with Crippen molar-refractivity contribution < 1.29 is 14.7 Å². The van der Waals surface area contributed by atoms with Gasteiger partial charge in [-0.2, -0.15) is 5.26 Å². The van der Waals surface area contributed by atoms with Crippen molar-refractivity contribution in [1.82, 2.24) is 0 Å². The van der Waals surface area contributed by atoms with Crippen molar-refractivity contribution in [1.29, 1.82) is 5.26 Å². The molecule has 2 atom stereocenters. The number of carboxylic acid groups (broad SMARTS) is 1. The maximum atomic E-state index is 12.4. The molecule has 2 amide bonds. The third-order valence-corrected chi connectivity index (χ3v) is 6.28. The number of thiophene rings is 1. The Hall–Kier alpha value is -2.07. The van der Waals surface area contributed by atoms with Gasteiger partial charge in [0, 0.05) is 23.9 Å². The highest BCUT2D eigenvalue weighted by atomic mass is 32.1. The zero-order valence-corrected chi connectivity index (χ0v) is 16.8. The molecule has 0 saturated carbocycles. The minimum atomic E-state index is -1.03. The zero-order valence-electron chi connectivity index (χ0n) is 16.0. The molecule has 1 aromatic heterocycles. The van der Waals surface area contributed by atoms with Crippen LogP contribution in [0.15, 0.2) is 6.07 Å². The first-order valence-corrected chi connectivity index (χ1v) is 9.80. The molecule has 1 aliphatic heterocycles. The Balaban J connectivity index is 2.43. The number of hydrogen-bond acceptors (Lipinski definition) is 4. The molecule has 6 nitrogen and oxygen atoms in total. The molecule has 0 bridgehead atoms. The van der Waals surface area contributed by atoms with Gasteiger partial charge in [-0.15, -0.1) is 0 Å². The van der Waals surface area contributed by atoms with Gasteiger partial charge in [-0.05, 0) is 24.3 Å². The van der Waals surface area contributed by atoms with Crippen LogP contribution in [0.3, 0.4) is 0 Å². The van der Waals surface area contributed by atoms with Crippen molar-refractivity contribution in [3.63, 3.8) is 0 Å². The normalized spacial score (nSPS) is 19.8. The topological polar surface area (TPSA) is 93.4 Å². The molecule has 0 radical (unpaired) electrons. The number of carbonyl (C=O) groups is 2. The van der Waals surface area contributed by atoms with Crippen molar-refractivity contribution in [2.24, 2.45) is 17.3 Å². The molecule has 0 aliphatic carbocycles. The van der Waals surface area contributed by atoms with E-state index in [9.17, 15) is 20.0 Å². The molecule has 1 aliphatic rings. The van der Waals surface area contributed by atoms with Crippen LogP contribution in [0.1, 0.15) is 58.9 Å². The minimum Gasteiger partial charge on any atom is -0.465 e. The average molecular weight is 378 g/mol. The van der Waals surface area contributed by atoms with Crippen LogP contribution in [0.4, 0.5) is 14.8 Å². The van der Waals surface area contributed by atoms with Gasteiger partial charge >= 0.3 is 6.09 Å². The van der Waals surface area contributed by atoms with Gasteiger partial charge in [-0.1, -0.05) is 46.0 Å². The van der Waals surface area contributed by atoms with Crippen molar-refractivity contribution in [2.75, 3.05) is 16.8 Å². The maximum Gasteiger partial charge on any atom is 0.412 e. The number of nitrogens with one attached hydrogen (secondary N) is 1. The Bertz CT molecular complexity index is 725. The van der Waals surface area contributed by atoms with Crippen LogP contribution < -0.4 is 10.2 Å². The highest BCUT2D eigenvalue weighted by Gasteiger charge is 2.43. The molecule has 26 heavy (non-hydrogen) atoms. The third-order valence-electron chi connectivity index (χ3n) is 5.19. The lowest BCUT2D eigenvalue weighted by Gasteiger charge is -2.40. The molecule has 142 valence electrons. The SMILES string of the molecule is CCC(CC)C(=O)Nc1cc2c(s1)N(C(=O)O)CC(C(C)(C)C)C2C#N. The second kappa shape index (κ2) is 7.67. The summed E-state index contributed by atoms with van der Waals surface area (Å²) in [6.07, 6.45) is 0.472. The monoisotopic (exact) mass is 377 g/mol. The van der Waals surface area contributed by atoms with Gasteiger partial charge in [-0.3, -0.25) is 9.69 Å². The van der Waals surface area contributed by atoms with Crippen LogP contribution >= 0.6 is 11.3 Å². The molecular formula is C19H27N3O3S. The largest absolute Gasteiger partial charge is 0.465 e. The molecular weight excluding hydrogens is 350 g/mol. The first-order valence-electron chi connectivity index (χ1n) is 8.98. The number of nitriles is 1. The van der Waals surface area contributed by atoms with Gasteiger partial charge in [0.2, 0.25) is 5.91 Å². The van der Waals surface area contributed by atoms with Crippen LogP contribution in [0.2, 0.25) is 0 Å². The average Bonchev–Trinajstić information content (AvgIpc) is 2.96. The van der Waals surface area contributed by atoms with Crippen LogP contribution in [-0.4, -0.2) is 23.7 Å². The lowest BCUT2D eigenvalue weighted by molar-refractivity contribution is -0.120. The Labute approximate surface area is 158 Å². The Morgan fingerprint density at radius 2 is 2.04 bits per heavy atom. The van der Waals surface area contributed by atoms with E-state index in [2.05, 4.69) is 11.4 Å². The molecule has 0 fully saturated rings. The first kappa shape index (κ1) is 20.2. The minimum absolute atomic E-state index is 0.0589. The number of anilines is 2. The van der Waals surface area contributed by atoms with E-state index < -0.39 is 12.0 Å². The van der Waals surface area contributed by atoms with Gasteiger partial charge in [0.05, 0.1) is 17.0 Å². The summed E-state index contributed by atoms with van der Waals surface area (Å²) in [5.74, 6) is -0.640.